The van der Waals surface area contributed by atoms with Crippen molar-refractivity contribution in [2.75, 3.05) is 20.8 Å². The van der Waals surface area contributed by atoms with Crippen LogP contribution >= 0.6 is 11.3 Å². The van der Waals surface area contributed by atoms with E-state index in [0.29, 0.717) is 5.75 Å². The van der Waals surface area contributed by atoms with Crippen molar-refractivity contribution in [2.45, 2.75) is 13.0 Å². The van der Waals surface area contributed by atoms with E-state index in [1.54, 1.807) is 7.05 Å². The van der Waals surface area contributed by atoms with Gasteiger partial charge in [0.15, 0.2) is 6.61 Å². The average Bonchev–Trinajstić information content (AvgIpc) is 3.14. The molecule has 0 saturated carbocycles. The first-order valence-corrected chi connectivity index (χ1v) is 9.37. The lowest BCUT2D eigenvalue weighted by atomic mass is 10.2. The van der Waals surface area contributed by atoms with Crippen molar-refractivity contribution in [1.29, 1.82) is 0 Å². The Labute approximate surface area is 166 Å². The van der Waals surface area contributed by atoms with Crippen LogP contribution in [0.25, 0.3) is 10.2 Å². The second-order valence-corrected chi connectivity index (χ2v) is 7.22. The fourth-order valence-corrected chi connectivity index (χ4v) is 3.63. The number of likely N-dealkylation sites (N-methyl/N-ethyl adjacent to an activating group) is 1. The molecular weight excluding hydrogens is 380 g/mol. The number of carbonyl (C=O) groups is 2. The number of fused-ring (bicyclic) bond motifs is 1. The van der Waals surface area contributed by atoms with Gasteiger partial charge in [-0.1, -0.05) is 12.1 Å². The summed E-state index contributed by atoms with van der Waals surface area (Å²) in [6, 6.07) is 11.7. The number of nitrogens with zero attached hydrogens (tertiary/aromatic N) is 2. The topological polar surface area (TPSA) is 89.0 Å². The molecular formula is C20H20N2O5S. The normalized spacial score (nSPS) is 11.8. The standard InChI is InChI=1S/C20H20N2O5S/c1-12(19-21-15-6-4-5-7-17(15)28-19)22(2)18(24)11-27-20(25)14-9-8-13(26-3)10-16(14)23/h4-10,12,23H,11H2,1-3H3/t12-/m1/s1. The Hall–Kier alpha value is -3.13. The number of aromatic nitrogens is 1. The van der Waals surface area contributed by atoms with Gasteiger partial charge in [0.05, 0.1) is 23.4 Å². The minimum absolute atomic E-state index is 0.0320. The van der Waals surface area contributed by atoms with E-state index in [-0.39, 0.29) is 23.3 Å². The highest BCUT2D eigenvalue weighted by atomic mass is 32.1. The summed E-state index contributed by atoms with van der Waals surface area (Å²) in [6.07, 6.45) is 0. The Morgan fingerprint density at radius 1 is 1.25 bits per heavy atom. The molecule has 3 rings (SSSR count). The molecule has 146 valence electrons. The van der Waals surface area contributed by atoms with Crippen LogP contribution in [0.4, 0.5) is 0 Å². The number of phenolic OH excluding ortho intramolecular Hbond substituents is 1. The quantitative estimate of drug-likeness (QED) is 0.638. The molecule has 8 heteroatoms. The molecule has 0 aliphatic carbocycles. The van der Waals surface area contributed by atoms with Crippen molar-refractivity contribution < 1.29 is 24.2 Å². The zero-order chi connectivity index (χ0) is 20.3. The maximum atomic E-state index is 12.4. The number of para-hydroxylation sites is 1. The number of aromatic hydroxyl groups is 1. The number of carbonyl (C=O) groups excluding carboxylic acids is 2. The summed E-state index contributed by atoms with van der Waals surface area (Å²) in [4.78, 5) is 30.6. The third kappa shape index (κ3) is 4.07. The molecule has 0 fully saturated rings. The molecule has 0 spiro atoms. The van der Waals surface area contributed by atoms with E-state index in [9.17, 15) is 14.7 Å². The van der Waals surface area contributed by atoms with E-state index in [4.69, 9.17) is 9.47 Å². The molecule has 1 aromatic heterocycles. The van der Waals surface area contributed by atoms with Crippen LogP contribution in [0.15, 0.2) is 42.5 Å². The molecule has 2 aromatic carbocycles. The van der Waals surface area contributed by atoms with Crippen molar-refractivity contribution in [3.63, 3.8) is 0 Å². The summed E-state index contributed by atoms with van der Waals surface area (Å²) >= 11 is 1.52. The number of methoxy groups -OCH3 is 1. The molecule has 28 heavy (non-hydrogen) atoms. The smallest absolute Gasteiger partial charge is 0.342 e. The molecule has 0 saturated heterocycles. The SMILES string of the molecule is COc1ccc(C(=O)OCC(=O)N(C)[C@H](C)c2nc3ccccc3s2)c(O)c1. The third-order valence-corrected chi connectivity index (χ3v) is 5.60. The van der Waals surface area contributed by atoms with E-state index < -0.39 is 12.6 Å². The zero-order valence-corrected chi connectivity index (χ0v) is 16.5. The number of phenols is 1. The second kappa shape index (κ2) is 8.26. The van der Waals surface area contributed by atoms with Gasteiger partial charge in [-0.3, -0.25) is 4.79 Å². The minimum atomic E-state index is -0.783. The number of thiazole rings is 1. The van der Waals surface area contributed by atoms with Gasteiger partial charge in [0.25, 0.3) is 5.91 Å². The van der Waals surface area contributed by atoms with Gasteiger partial charge in [0.2, 0.25) is 0 Å². The van der Waals surface area contributed by atoms with Gasteiger partial charge in [-0.15, -0.1) is 11.3 Å². The summed E-state index contributed by atoms with van der Waals surface area (Å²) in [5, 5.41) is 10.7. The predicted molar refractivity (Wildman–Crippen MR) is 106 cm³/mol. The zero-order valence-electron chi connectivity index (χ0n) is 15.7. The number of benzene rings is 2. The maximum Gasteiger partial charge on any atom is 0.342 e. The minimum Gasteiger partial charge on any atom is -0.507 e. The van der Waals surface area contributed by atoms with Crippen LogP contribution in [0.1, 0.15) is 28.3 Å². The summed E-state index contributed by atoms with van der Waals surface area (Å²) in [5.74, 6) is -1.01. The number of hydrogen-bond acceptors (Lipinski definition) is 7. The van der Waals surface area contributed by atoms with E-state index in [2.05, 4.69) is 4.98 Å². The van der Waals surface area contributed by atoms with Gasteiger partial charge < -0.3 is 19.5 Å². The van der Waals surface area contributed by atoms with Crippen LogP contribution in [-0.2, 0) is 9.53 Å². The molecule has 0 unspecified atom stereocenters. The first-order valence-electron chi connectivity index (χ1n) is 8.56. The monoisotopic (exact) mass is 400 g/mol. The van der Waals surface area contributed by atoms with Crippen molar-refractivity contribution in [1.82, 2.24) is 9.88 Å². The number of ether oxygens (including phenoxy) is 2. The van der Waals surface area contributed by atoms with E-state index in [0.717, 1.165) is 15.2 Å². The van der Waals surface area contributed by atoms with E-state index in [1.807, 2.05) is 31.2 Å². The molecule has 0 radical (unpaired) electrons. The third-order valence-electron chi connectivity index (χ3n) is 4.39. The van der Waals surface area contributed by atoms with Crippen molar-refractivity contribution >= 4 is 33.4 Å². The Balaban J connectivity index is 1.62. The van der Waals surface area contributed by atoms with Gasteiger partial charge in [0, 0.05) is 13.1 Å². The molecule has 1 amide bonds. The highest BCUT2D eigenvalue weighted by Crippen LogP contribution is 2.29. The van der Waals surface area contributed by atoms with Gasteiger partial charge in [-0.2, -0.15) is 0 Å². The molecule has 1 N–H and O–H groups in total. The predicted octanol–water partition coefficient (Wildman–Crippen LogP) is 3.39. The van der Waals surface area contributed by atoms with Gasteiger partial charge in [0.1, 0.15) is 22.1 Å². The van der Waals surface area contributed by atoms with Crippen LogP contribution in [-0.4, -0.2) is 47.6 Å². The Kier molecular flexibility index (Phi) is 5.79. The van der Waals surface area contributed by atoms with Crippen LogP contribution in [0, 0.1) is 0 Å². The van der Waals surface area contributed by atoms with E-state index >= 15 is 0 Å². The fraction of sp³-hybridized carbons (Fsp3) is 0.250. The molecule has 7 nitrogen and oxygen atoms in total. The highest BCUT2D eigenvalue weighted by molar-refractivity contribution is 7.18. The lowest BCUT2D eigenvalue weighted by molar-refractivity contribution is -0.135. The molecule has 1 heterocycles. The maximum absolute atomic E-state index is 12.4. The number of amides is 1. The van der Waals surface area contributed by atoms with Crippen molar-refractivity contribution in [3.05, 3.63) is 53.0 Å². The summed E-state index contributed by atoms with van der Waals surface area (Å²) in [5.41, 5.74) is 0.854. The Morgan fingerprint density at radius 3 is 2.68 bits per heavy atom. The van der Waals surface area contributed by atoms with Crippen molar-refractivity contribution in [3.8, 4) is 11.5 Å². The molecule has 0 bridgehead atoms. The fourth-order valence-electron chi connectivity index (χ4n) is 2.57. The largest absolute Gasteiger partial charge is 0.507 e. The first-order chi connectivity index (χ1) is 13.4. The van der Waals surface area contributed by atoms with Crippen molar-refractivity contribution in [2.24, 2.45) is 0 Å². The molecule has 0 aliphatic heterocycles. The Bertz CT molecular complexity index is 984. The number of rotatable bonds is 6. The number of hydrogen-bond donors (Lipinski definition) is 1. The average molecular weight is 400 g/mol. The van der Waals surface area contributed by atoms with Crippen LogP contribution in [0.3, 0.4) is 0 Å². The van der Waals surface area contributed by atoms with Gasteiger partial charge in [-0.25, -0.2) is 9.78 Å². The summed E-state index contributed by atoms with van der Waals surface area (Å²) in [7, 11) is 3.09. The lowest BCUT2D eigenvalue weighted by Gasteiger charge is -2.23. The molecule has 1 atom stereocenters. The number of esters is 1. The van der Waals surface area contributed by atoms with Crippen LogP contribution in [0.5, 0.6) is 11.5 Å². The highest BCUT2D eigenvalue weighted by Gasteiger charge is 2.22. The summed E-state index contributed by atoms with van der Waals surface area (Å²) < 4.78 is 11.1. The molecule has 3 aromatic rings. The lowest BCUT2D eigenvalue weighted by Crippen LogP contribution is -2.33. The Morgan fingerprint density at radius 2 is 2.00 bits per heavy atom. The van der Waals surface area contributed by atoms with E-state index in [1.165, 1.54) is 41.5 Å². The van der Waals surface area contributed by atoms with Gasteiger partial charge >= 0.3 is 5.97 Å². The van der Waals surface area contributed by atoms with Crippen LogP contribution in [0.2, 0.25) is 0 Å². The first kappa shape index (κ1) is 19.6. The second-order valence-electron chi connectivity index (χ2n) is 6.16. The summed E-state index contributed by atoms with van der Waals surface area (Å²) in [6.45, 7) is 1.43. The van der Waals surface area contributed by atoms with Gasteiger partial charge in [-0.05, 0) is 31.2 Å². The van der Waals surface area contributed by atoms with Crippen LogP contribution < -0.4 is 4.74 Å². The molecule has 0 aliphatic rings.